The first-order chi connectivity index (χ1) is 12.1. The topological polar surface area (TPSA) is 87.1 Å². The lowest BCUT2D eigenvalue weighted by molar-refractivity contribution is 0.0475. The van der Waals surface area contributed by atoms with Crippen LogP contribution in [0, 0.1) is 0 Å². The monoisotopic (exact) mass is 420 g/mol. The maximum atomic E-state index is 11.9. The molecular formula is C17H13BrN2O4S. The third-order valence-electron chi connectivity index (χ3n) is 3.06. The van der Waals surface area contributed by atoms with E-state index in [1.54, 1.807) is 12.1 Å². The van der Waals surface area contributed by atoms with Crippen molar-refractivity contribution in [2.24, 2.45) is 10.9 Å². The van der Waals surface area contributed by atoms with E-state index >= 15 is 0 Å². The Kier molecular flexibility index (Phi) is 5.52. The first-order valence-electron chi connectivity index (χ1n) is 7.17. The predicted octanol–water partition coefficient (Wildman–Crippen LogP) is 4.16. The van der Waals surface area contributed by atoms with Gasteiger partial charge in [-0.05, 0) is 47.8 Å². The molecule has 0 fully saturated rings. The van der Waals surface area contributed by atoms with Crippen LogP contribution < -0.4 is 10.5 Å². The number of halogens is 1. The maximum absolute atomic E-state index is 11.9. The Morgan fingerprint density at radius 3 is 2.72 bits per heavy atom. The highest BCUT2D eigenvalue weighted by molar-refractivity contribution is 9.10. The number of carbonyl (C=O) groups is 1. The van der Waals surface area contributed by atoms with Crippen molar-refractivity contribution in [3.63, 3.8) is 0 Å². The van der Waals surface area contributed by atoms with E-state index in [9.17, 15) is 4.79 Å². The van der Waals surface area contributed by atoms with Gasteiger partial charge in [-0.15, -0.1) is 11.3 Å². The average molecular weight is 421 g/mol. The summed E-state index contributed by atoms with van der Waals surface area (Å²) in [4.78, 5) is 17.4. The molecule has 25 heavy (non-hydrogen) atoms. The number of oxime groups is 1. The van der Waals surface area contributed by atoms with Crippen molar-refractivity contribution in [3.8, 4) is 5.75 Å². The number of benzene rings is 1. The molecule has 2 heterocycles. The van der Waals surface area contributed by atoms with Gasteiger partial charge in [0.25, 0.3) is 0 Å². The van der Waals surface area contributed by atoms with Crippen molar-refractivity contribution >= 4 is 39.1 Å². The fourth-order valence-electron chi connectivity index (χ4n) is 1.86. The molecular weight excluding hydrogens is 408 g/mol. The number of furan rings is 1. The highest BCUT2D eigenvalue weighted by Gasteiger charge is 2.14. The minimum atomic E-state index is -0.727. The van der Waals surface area contributed by atoms with E-state index in [1.165, 1.54) is 17.4 Å². The van der Waals surface area contributed by atoms with Crippen molar-refractivity contribution in [2.75, 3.05) is 0 Å². The van der Waals surface area contributed by atoms with Crippen LogP contribution in [0.15, 0.2) is 68.0 Å². The summed E-state index contributed by atoms with van der Waals surface area (Å²) in [5, 5.41) is 5.46. The molecule has 0 aliphatic heterocycles. The largest absolute Gasteiger partial charge is 0.486 e. The quantitative estimate of drug-likeness (QED) is 0.280. The Morgan fingerprint density at radius 2 is 2.00 bits per heavy atom. The Bertz CT molecular complexity index is 872. The highest BCUT2D eigenvalue weighted by atomic mass is 79.9. The summed E-state index contributed by atoms with van der Waals surface area (Å²) in [6, 6.07) is 14.1. The maximum Gasteiger partial charge on any atom is 0.400 e. The van der Waals surface area contributed by atoms with Gasteiger partial charge >= 0.3 is 5.97 Å². The van der Waals surface area contributed by atoms with Crippen molar-refractivity contribution in [3.05, 3.63) is 74.8 Å². The molecule has 8 heteroatoms. The molecule has 0 spiro atoms. The molecule has 0 radical (unpaired) electrons. The number of hydrogen-bond acceptors (Lipinski definition) is 6. The molecule has 2 N–H and O–H groups in total. The van der Waals surface area contributed by atoms with Gasteiger partial charge in [-0.1, -0.05) is 27.2 Å². The molecule has 0 bridgehead atoms. The van der Waals surface area contributed by atoms with Crippen LogP contribution >= 0.6 is 27.3 Å². The van der Waals surface area contributed by atoms with Gasteiger partial charge in [0.2, 0.25) is 5.76 Å². The lowest BCUT2D eigenvalue weighted by atomic mass is 10.3. The van der Waals surface area contributed by atoms with Crippen molar-refractivity contribution in [1.29, 1.82) is 0 Å². The number of thiophene rings is 1. The minimum Gasteiger partial charge on any atom is -0.486 e. The average Bonchev–Trinajstić information content (AvgIpc) is 3.30. The van der Waals surface area contributed by atoms with Crippen molar-refractivity contribution < 1.29 is 18.8 Å². The highest BCUT2D eigenvalue weighted by Crippen LogP contribution is 2.18. The molecule has 3 rings (SSSR count). The molecule has 6 nitrogen and oxygen atoms in total. The van der Waals surface area contributed by atoms with Gasteiger partial charge in [-0.2, -0.15) is 0 Å². The van der Waals surface area contributed by atoms with E-state index in [2.05, 4.69) is 21.1 Å². The number of carbonyl (C=O) groups excluding carboxylic acids is 1. The Hall–Kier alpha value is -2.58. The molecule has 3 aromatic rings. The SMILES string of the molecule is N/C(=N\OC(=O)c1ccc(COc2ccc(Br)cc2)o1)c1cccs1. The van der Waals surface area contributed by atoms with Crippen LogP contribution in [-0.2, 0) is 11.4 Å². The molecule has 0 amide bonds. The van der Waals surface area contributed by atoms with E-state index in [0.717, 1.165) is 9.35 Å². The van der Waals surface area contributed by atoms with Crippen molar-refractivity contribution in [2.45, 2.75) is 6.61 Å². The number of rotatable bonds is 6. The second-order valence-electron chi connectivity index (χ2n) is 4.84. The standard InChI is InChI=1S/C17H13BrN2O4S/c18-11-3-5-12(6-4-11)22-10-13-7-8-14(23-13)17(21)24-20-16(19)15-2-1-9-25-15/h1-9H,10H2,(H2,19,20). The molecule has 1 aromatic carbocycles. The minimum absolute atomic E-state index is 0.0251. The molecule has 0 atom stereocenters. The molecule has 128 valence electrons. The normalized spacial score (nSPS) is 11.3. The van der Waals surface area contributed by atoms with Gasteiger partial charge in [0, 0.05) is 4.47 Å². The summed E-state index contributed by atoms with van der Waals surface area (Å²) in [7, 11) is 0. The second-order valence-corrected chi connectivity index (χ2v) is 6.70. The van der Waals surface area contributed by atoms with Crippen LogP contribution in [0.5, 0.6) is 5.75 Å². The molecule has 2 aromatic heterocycles. The zero-order valence-corrected chi connectivity index (χ0v) is 15.2. The first-order valence-corrected chi connectivity index (χ1v) is 8.85. The summed E-state index contributed by atoms with van der Waals surface area (Å²) in [6.45, 7) is 0.190. The van der Waals surface area contributed by atoms with Gasteiger partial charge in [-0.3, -0.25) is 0 Å². The van der Waals surface area contributed by atoms with E-state index < -0.39 is 5.97 Å². The second kappa shape index (κ2) is 8.00. The van der Waals surface area contributed by atoms with Crippen LogP contribution in [0.4, 0.5) is 0 Å². The van der Waals surface area contributed by atoms with Gasteiger partial charge in [0.1, 0.15) is 18.1 Å². The third kappa shape index (κ3) is 4.71. The van der Waals surface area contributed by atoms with E-state index in [1.807, 2.05) is 35.7 Å². The fourth-order valence-corrected chi connectivity index (χ4v) is 2.74. The van der Waals surface area contributed by atoms with Crippen LogP contribution in [0.3, 0.4) is 0 Å². The number of ether oxygens (including phenoxy) is 1. The summed E-state index contributed by atoms with van der Waals surface area (Å²) in [5.74, 6) is 0.613. The smallest absolute Gasteiger partial charge is 0.400 e. The molecule has 0 aliphatic rings. The number of hydrogen-bond donors (Lipinski definition) is 1. The van der Waals surface area contributed by atoms with Crippen LogP contribution in [0.1, 0.15) is 21.2 Å². The number of amidine groups is 1. The Morgan fingerprint density at radius 1 is 1.20 bits per heavy atom. The zero-order valence-electron chi connectivity index (χ0n) is 12.8. The summed E-state index contributed by atoms with van der Waals surface area (Å²) in [5.41, 5.74) is 5.72. The molecule has 0 saturated heterocycles. The van der Waals surface area contributed by atoms with Gasteiger partial charge < -0.3 is 19.7 Å². The van der Waals surface area contributed by atoms with Crippen LogP contribution in [0.2, 0.25) is 0 Å². The number of nitrogens with two attached hydrogens (primary N) is 1. The van der Waals surface area contributed by atoms with E-state index in [4.69, 9.17) is 19.7 Å². The molecule has 0 aliphatic carbocycles. The lowest BCUT2D eigenvalue weighted by Crippen LogP contribution is -2.13. The third-order valence-corrected chi connectivity index (χ3v) is 4.48. The van der Waals surface area contributed by atoms with E-state index in [-0.39, 0.29) is 18.2 Å². The Labute approximate surface area is 156 Å². The summed E-state index contributed by atoms with van der Waals surface area (Å²) in [6.07, 6.45) is 0. The molecule has 0 unspecified atom stereocenters. The lowest BCUT2D eigenvalue weighted by Gasteiger charge is -2.03. The molecule has 0 saturated carbocycles. The van der Waals surface area contributed by atoms with Gasteiger partial charge in [0.05, 0.1) is 4.88 Å². The fraction of sp³-hybridized carbons (Fsp3) is 0.0588. The zero-order chi connectivity index (χ0) is 17.6. The number of nitrogens with zero attached hydrogens (tertiary/aromatic N) is 1. The van der Waals surface area contributed by atoms with Crippen LogP contribution in [-0.4, -0.2) is 11.8 Å². The first kappa shape index (κ1) is 17.2. The Balaban J connectivity index is 1.56. The van der Waals surface area contributed by atoms with Gasteiger partial charge in [-0.25, -0.2) is 4.79 Å². The van der Waals surface area contributed by atoms with Crippen LogP contribution in [0.25, 0.3) is 0 Å². The summed E-state index contributed by atoms with van der Waals surface area (Å²) >= 11 is 4.75. The predicted molar refractivity (Wildman–Crippen MR) is 97.6 cm³/mol. The van der Waals surface area contributed by atoms with Crippen molar-refractivity contribution in [1.82, 2.24) is 0 Å². The summed E-state index contributed by atoms with van der Waals surface area (Å²) < 4.78 is 11.9. The van der Waals surface area contributed by atoms with E-state index in [0.29, 0.717) is 11.5 Å². The van der Waals surface area contributed by atoms with Gasteiger partial charge in [0.15, 0.2) is 5.84 Å².